The number of carbonyl (C=O) groups excluding carboxylic acids is 1. The van der Waals surface area contributed by atoms with E-state index in [-0.39, 0.29) is 5.82 Å². The zero-order valence-corrected chi connectivity index (χ0v) is 9.49. The summed E-state index contributed by atoms with van der Waals surface area (Å²) in [5.41, 5.74) is 0. The van der Waals surface area contributed by atoms with Crippen molar-refractivity contribution in [3.8, 4) is 0 Å². The second kappa shape index (κ2) is 6.73. The molecule has 0 aromatic carbocycles. The van der Waals surface area contributed by atoms with Crippen LogP contribution in [0.2, 0.25) is 0 Å². The predicted octanol–water partition coefficient (Wildman–Crippen LogP) is 0.285. The first-order valence-corrected chi connectivity index (χ1v) is 5.14. The quantitative estimate of drug-likeness (QED) is 0.534. The predicted molar refractivity (Wildman–Crippen MR) is 60.4 cm³/mol. The van der Waals surface area contributed by atoms with Crippen LogP contribution in [0.15, 0.2) is 12.3 Å². The molecule has 1 rings (SSSR count). The number of nitrogens with zero attached hydrogens (tertiary/aromatic N) is 2. The molecular weight excluding hydrogens is 208 g/mol. The molecule has 0 spiro atoms. The normalized spacial score (nSPS) is 9.88. The molecule has 0 aliphatic carbocycles. The van der Waals surface area contributed by atoms with E-state index in [9.17, 15) is 4.79 Å². The van der Waals surface area contributed by atoms with Gasteiger partial charge in [-0.05, 0) is 12.6 Å². The number of ether oxygens (including phenoxy) is 1. The second-order valence-electron chi connectivity index (χ2n) is 3.04. The van der Waals surface area contributed by atoms with Crippen LogP contribution in [0.3, 0.4) is 0 Å². The van der Waals surface area contributed by atoms with Crippen LogP contribution < -0.4 is 10.6 Å². The first-order chi connectivity index (χ1) is 7.77. The van der Waals surface area contributed by atoms with E-state index in [0.717, 1.165) is 19.6 Å². The van der Waals surface area contributed by atoms with E-state index >= 15 is 0 Å². The van der Waals surface area contributed by atoms with Gasteiger partial charge in [-0.2, -0.15) is 0 Å². The fourth-order valence-corrected chi connectivity index (χ4v) is 1.10. The Kier molecular flexibility index (Phi) is 5.21. The van der Waals surface area contributed by atoms with Crippen molar-refractivity contribution in [2.24, 2.45) is 0 Å². The Morgan fingerprint density at radius 1 is 1.50 bits per heavy atom. The van der Waals surface area contributed by atoms with Gasteiger partial charge in [0.05, 0.1) is 7.11 Å². The lowest BCUT2D eigenvalue weighted by Gasteiger charge is -2.06. The number of esters is 1. The van der Waals surface area contributed by atoms with Crippen molar-refractivity contribution < 1.29 is 9.53 Å². The highest BCUT2D eigenvalue weighted by Gasteiger charge is 2.08. The van der Waals surface area contributed by atoms with Crippen LogP contribution in [-0.4, -0.2) is 42.7 Å². The maximum atomic E-state index is 11.2. The Hall–Kier alpha value is -1.69. The largest absolute Gasteiger partial charge is 0.463 e. The third-order valence-corrected chi connectivity index (χ3v) is 1.88. The van der Waals surface area contributed by atoms with E-state index in [2.05, 4.69) is 25.3 Å². The highest BCUT2D eigenvalue weighted by atomic mass is 16.5. The topological polar surface area (TPSA) is 76.1 Å². The van der Waals surface area contributed by atoms with Gasteiger partial charge >= 0.3 is 5.97 Å². The van der Waals surface area contributed by atoms with Gasteiger partial charge in [-0.3, -0.25) is 0 Å². The van der Waals surface area contributed by atoms with Gasteiger partial charge in [-0.15, -0.1) is 0 Å². The molecular formula is C10H16N4O2. The van der Waals surface area contributed by atoms with Crippen molar-refractivity contribution in [1.29, 1.82) is 0 Å². The lowest BCUT2D eigenvalue weighted by molar-refractivity contribution is 0.0587. The minimum absolute atomic E-state index is 0.0657. The number of anilines is 1. The molecule has 0 unspecified atom stereocenters. The van der Waals surface area contributed by atoms with Crippen LogP contribution in [0, 0.1) is 0 Å². The highest BCUT2D eigenvalue weighted by molar-refractivity contribution is 5.85. The fraction of sp³-hybridized carbons (Fsp3) is 0.500. The summed E-state index contributed by atoms with van der Waals surface area (Å²) in [5, 5.41) is 6.25. The van der Waals surface area contributed by atoms with Crippen molar-refractivity contribution in [3.05, 3.63) is 18.1 Å². The number of likely N-dealkylation sites (N-methyl/N-ethyl adjacent to an activating group) is 1. The maximum Gasteiger partial charge on any atom is 0.376 e. The molecule has 0 saturated carbocycles. The number of aromatic nitrogens is 2. The Morgan fingerprint density at radius 2 is 2.31 bits per heavy atom. The minimum atomic E-state index is -0.532. The molecule has 0 atom stereocenters. The van der Waals surface area contributed by atoms with E-state index in [1.807, 2.05) is 6.92 Å². The molecule has 1 aromatic rings. The van der Waals surface area contributed by atoms with Crippen LogP contribution in [0.1, 0.15) is 17.5 Å². The Balaban J connectivity index is 2.50. The lowest BCUT2D eigenvalue weighted by Crippen LogP contribution is -2.22. The summed E-state index contributed by atoms with van der Waals surface area (Å²) >= 11 is 0. The van der Waals surface area contributed by atoms with Crippen molar-refractivity contribution in [2.45, 2.75) is 6.92 Å². The van der Waals surface area contributed by atoms with Crippen LogP contribution in [0.25, 0.3) is 0 Å². The number of hydrogen-bond acceptors (Lipinski definition) is 6. The monoisotopic (exact) mass is 224 g/mol. The molecule has 0 amide bonds. The number of nitrogens with one attached hydrogen (secondary N) is 2. The number of hydrogen-bond donors (Lipinski definition) is 2. The third-order valence-electron chi connectivity index (χ3n) is 1.88. The molecule has 0 bridgehead atoms. The molecule has 88 valence electrons. The van der Waals surface area contributed by atoms with E-state index < -0.39 is 5.97 Å². The van der Waals surface area contributed by atoms with Crippen LogP contribution in [-0.2, 0) is 4.74 Å². The van der Waals surface area contributed by atoms with Crippen molar-refractivity contribution in [3.63, 3.8) is 0 Å². The highest BCUT2D eigenvalue weighted by Crippen LogP contribution is 2.01. The molecule has 1 aromatic heterocycles. The third kappa shape index (κ3) is 3.82. The summed E-state index contributed by atoms with van der Waals surface area (Å²) in [6, 6.07) is 1.71. The van der Waals surface area contributed by atoms with Gasteiger partial charge < -0.3 is 15.4 Å². The molecule has 0 saturated heterocycles. The zero-order valence-electron chi connectivity index (χ0n) is 9.49. The van der Waals surface area contributed by atoms with Crippen LogP contribution in [0.5, 0.6) is 0 Å². The smallest absolute Gasteiger partial charge is 0.376 e. The Labute approximate surface area is 94.4 Å². The maximum absolute atomic E-state index is 11.2. The van der Waals surface area contributed by atoms with Gasteiger partial charge in [-0.1, -0.05) is 6.92 Å². The molecule has 0 aliphatic heterocycles. The summed E-state index contributed by atoms with van der Waals surface area (Å²) in [6.45, 7) is 4.55. The van der Waals surface area contributed by atoms with Crippen molar-refractivity contribution in [1.82, 2.24) is 15.3 Å². The second-order valence-corrected chi connectivity index (χ2v) is 3.04. The van der Waals surface area contributed by atoms with Crippen LogP contribution in [0.4, 0.5) is 5.82 Å². The molecule has 0 radical (unpaired) electrons. The number of carbonyl (C=O) groups is 1. The van der Waals surface area contributed by atoms with E-state index in [1.54, 1.807) is 6.07 Å². The first kappa shape index (κ1) is 12.4. The number of rotatable bonds is 6. The molecule has 16 heavy (non-hydrogen) atoms. The van der Waals surface area contributed by atoms with Crippen LogP contribution >= 0.6 is 0 Å². The standard InChI is InChI=1S/C10H16N4O2/c1-3-11-6-7-12-8-4-5-13-9(14-8)10(15)16-2/h4-5,11H,3,6-7H2,1-2H3,(H,12,13,14). The Morgan fingerprint density at radius 3 is 3.00 bits per heavy atom. The fourth-order valence-electron chi connectivity index (χ4n) is 1.10. The van der Waals surface area contributed by atoms with Crippen molar-refractivity contribution >= 4 is 11.8 Å². The van der Waals surface area contributed by atoms with Gasteiger partial charge in [-0.25, -0.2) is 14.8 Å². The zero-order chi connectivity index (χ0) is 11.8. The van der Waals surface area contributed by atoms with Gasteiger partial charge in [0.15, 0.2) is 0 Å². The summed E-state index contributed by atoms with van der Waals surface area (Å²) < 4.78 is 4.53. The van der Waals surface area contributed by atoms with E-state index in [0.29, 0.717) is 5.82 Å². The van der Waals surface area contributed by atoms with Gasteiger partial charge in [0.25, 0.3) is 0 Å². The summed E-state index contributed by atoms with van der Waals surface area (Å²) in [5.74, 6) is 0.152. The summed E-state index contributed by atoms with van der Waals surface area (Å²) in [7, 11) is 1.30. The summed E-state index contributed by atoms with van der Waals surface area (Å²) in [4.78, 5) is 19.0. The van der Waals surface area contributed by atoms with E-state index in [1.165, 1.54) is 13.3 Å². The number of methoxy groups -OCH3 is 1. The average Bonchev–Trinajstić information content (AvgIpc) is 2.34. The van der Waals surface area contributed by atoms with Gasteiger partial charge in [0.2, 0.25) is 5.82 Å². The molecule has 0 aliphatic rings. The van der Waals surface area contributed by atoms with Crippen molar-refractivity contribution in [2.75, 3.05) is 32.1 Å². The first-order valence-electron chi connectivity index (χ1n) is 5.14. The molecule has 2 N–H and O–H groups in total. The summed E-state index contributed by atoms with van der Waals surface area (Å²) in [6.07, 6.45) is 1.52. The molecule has 6 heteroatoms. The lowest BCUT2D eigenvalue weighted by atomic mass is 10.5. The van der Waals surface area contributed by atoms with Gasteiger partial charge in [0, 0.05) is 19.3 Å². The Bertz CT molecular complexity index is 343. The average molecular weight is 224 g/mol. The van der Waals surface area contributed by atoms with Gasteiger partial charge in [0.1, 0.15) is 5.82 Å². The molecule has 0 fully saturated rings. The molecule has 1 heterocycles. The minimum Gasteiger partial charge on any atom is -0.463 e. The SMILES string of the molecule is CCNCCNc1ccnc(C(=O)OC)n1. The van der Waals surface area contributed by atoms with E-state index in [4.69, 9.17) is 0 Å². The molecule has 6 nitrogen and oxygen atoms in total.